The summed E-state index contributed by atoms with van der Waals surface area (Å²) >= 11 is 0. The molecule has 0 saturated heterocycles. The number of nitrogens with one attached hydrogen (secondary N) is 1. The van der Waals surface area contributed by atoms with Crippen LogP contribution in [-0.2, 0) is 6.18 Å². The molecule has 1 heterocycles. The van der Waals surface area contributed by atoms with E-state index in [2.05, 4.69) is 15.3 Å². The Balaban J connectivity index is 2.37. The minimum atomic E-state index is -4.61. The number of ether oxygens (including phenoxy) is 1. The summed E-state index contributed by atoms with van der Waals surface area (Å²) in [7, 11) is 1.40. The maximum absolute atomic E-state index is 12.7. The molecule has 0 aliphatic heterocycles. The van der Waals surface area contributed by atoms with Gasteiger partial charge in [-0.25, -0.2) is 4.98 Å². The largest absolute Gasteiger partial charge is 0.439 e. The zero-order valence-electron chi connectivity index (χ0n) is 10.8. The van der Waals surface area contributed by atoms with Crippen LogP contribution in [0.2, 0.25) is 0 Å². The lowest BCUT2D eigenvalue weighted by atomic mass is 10.2. The van der Waals surface area contributed by atoms with Crippen molar-refractivity contribution in [2.75, 3.05) is 12.4 Å². The first-order valence-electron chi connectivity index (χ1n) is 5.74. The Morgan fingerprint density at radius 2 is 2.00 bits per heavy atom. The summed E-state index contributed by atoms with van der Waals surface area (Å²) in [6.45, 7) is 0. The third-order valence-corrected chi connectivity index (χ3v) is 2.40. The molecule has 1 aromatic carbocycles. The molecular formula is C13H9F3N4O. The van der Waals surface area contributed by atoms with E-state index < -0.39 is 11.9 Å². The average Bonchev–Trinajstić information content (AvgIpc) is 2.46. The van der Waals surface area contributed by atoms with Crippen molar-refractivity contribution in [3.63, 3.8) is 0 Å². The van der Waals surface area contributed by atoms with E-state index >= 15 is 0 Å². The first kappa shape index (κ1) is 14.6. The zero-order chi connectivity index (χ0) is 15.5. The van der Waals surface area contributed by atoms with Gasteiger partial charge in [0.2, 0.25) is 11.8 Å². The Hall–Kier alpha value is -2.82. The highest BCUT2D eigenvalue weighted by Gasteiger charge is 2.34. The summed E-state index contributed by atoms with van der Waals surface area (Å²) in [5.41, 5.74) is -0.792. The normalized spacial score (nSPS) is 10.8. The first-order chi connectivity index (χ1) is 9.92. The van der Waals surface area contributed by atoms with Gasteiger partial charge in [0.25, 0.3) is 0 Å². The molecule has 0 saturated carbocycles. The van der Waals surface area contributed by atoms with E-state index in [1.807, 2.05) is 6.07 Å². The molecule has 0 aliphatic rings. The Morgan fingerprint density at radius 1 is 1.24 bits per heavy atom. The van der Waals surface area contributed by atoms with Crippen LogP contribution in [0.1, 0.15) is 11.3 Å². The third kappa shape index (κ3) is 3.60. The van der Waals surface area contributed by atoms with E-state index in [1.54, 1.807) is 12.1 Å². The van der Waals surface area contributed by atoms with E-state index in [0.717, 1.165) is 0 Å². The van der Waals surface area contributed by atoms with E-state index in [-0.39, 0.29) is 17.6 Å². The molecule has 2 rings (SSSR count). The van der Waals surface area contributed by atoms with Gasteiger partial charge in [0.05, 0.1) is 11.6 Å². The van der Waals surface area contributed by atoms with Crippen LogP contribution in [0.5, 0.6) is 11.6 Å². The molecule has 2 aromatic rings. The molecule has 0 fully saturated rings. The lowest BCUT2D eigenvalue weighted by Crippen LogP contribution is -2.11. The molecule has 0 radical (unpaired) electrons. The van der Waals surface area contributed by atoms with Gasteiger partial charge >= 0.3 is 6.18 Å². The van der Waals surface area contributed by atoms with Crippen LogP contribution in [0, 0.1) is 11.3 Å². The van der Waals surface area contributed by atoms with Crippen molar-refractivity contribution in [2.45, 2.75) is 6.18 Å². The molecular weight excluding hydrogens is 285 g/mol. The smallest absolute Gasteiger partial charge is 0.433 e. The molecule has 0 spiro atoms. The molecule has 0 atom stereocenters. The summed E-state index contributed by atoms with van der Waals surface area (Å²) in [4.78, 5) is 7.11. The second-order valence-electron chi connectivity index (χ2n) is 3.90. The SMILES string of the molecule is CNc1nc(Oc2cccc(C#N)c2)cc(C(F)(F)F)n1. The minimum Gasteiger partial charge on any atom is -0.439 e. The molecule has 1 N–H and O–H groups in total. The van der Waals surface area contributed by atoms with Crippen LogP contribution in [0.15, 0.2) is 30.3 Å². The van der Waals surface area contributed by atoms with Crippen molar-refractivity contribution in [3.05, 3.63) is 41.6 Å². The molecule has 0 aliphatic carbocycles. The van der Waals surface area contributed by atoms with Crippen molar-refractivity contribution in [1.29, 1.82) is 5.26 Å². The Morgan fingerprint density at radius 3 is 2.62 bits per heavy atom. The minimum absolute atomic E-state index is 0.211. The maximum atomic E-state index is 12.7. The van der Waals surface area contributed by atoms with Gasteiger partial charge in [0.15, 0.2) is 5.69 Å². The second kappa shape index (κ2) is 5.66. The summed E-state index contributed by atoms with van der Waals surface area (Å²) in [5, 5.41) is 11.2. The molecule has 8 heteroatoms. The van der Waals surface area contributed by atoms with Crippen molar-refractivity contribution in [2.24, 2.45) is 0 Å². The number of nitriles is 1. The highest BCUT2D eigenvalue weighted by Crippen LogP contribution is 2.31. The Bertz CT molecular complexity index is 695. The number of alkyl halides is 3. The number of aromatic nitrogens is 2. The predicted molar refractivity (Wildman–Crippen MR) is 67.8 cm³/mol. The standard InChI is InChI=1S/C13H9F3N4O/c1-18-12-19-10(13(14,15)16)6-11(20-12)21-9-4-2-3-8(5-9)7-17/h2-6H,1H3,(H,18,19,20). The van der Waals surface area contributed by atoms with Crippen LogP contribution < -0.4 is 10.1 Å². The summed E-state index contributed by atoms with van der Waals surface area (Å²) in [5.74, 6) is -0.268. The zero-order valence-corrected chi connectivity index (χ0v) is 10.8. The van der Waals surface area contributed by atoms with Crippen LogP contribution in [-0.4, -0.2) is 17.0 Å². The first-order valence-corrected chi connectivity index (χ1v) is 5.74. The van der Waals surface area contributed by atoms with Crippen molar-refractivity contribution >= 4 is 5.95 Å². The predicted octanol–water partition coefficient (Wildman–Crippen LogP) is 3.20. The highest BCUT2D eigenvalue weighted by molar-refractivity contribution is 5.39. The van der Waals surface area contributed by atoms with E-state index in [1.165, 1.54) is 19.2 Å². The fourth-order valence-corrected chi connectivity index (χ4v) is 1.48. The van der Waals surface area contributed by atoms with Crippen molar-refractivity contribution in [1.82, 2.24) is 9.97 Å². The monoisotopic (exact) mass is 294 g/mol. The summed E-state index contributed by atoms with van der Waals surface area (Å²) in [6.07, 6.45) is -4.61. The van der Waals surface area contributed by atoms with Gasteiger partial charge in [-0.3, -0.25) is 0 Å². The van der Waals surface area contributed by atoms with E-state index in [4.69, 9.17) is 10.00 Å². The van der Waals surface area contributed by atoms with Gasteiger partial charge in [0, 0.05) is 13.1 Å². The average molecular weight is 294 g/mol. The molecule has 1 aromatic heterocycles. The number of anilines is 1. The fraction of sp³-hybridized carbons (Fsp3) is 0.154. The number of halogens is 3. The number of hydrogen-bond acceptors (Lipinski definition) is 5. The molecule has 0 amide bonds. The lowest BCUT2D eigenvalue weighted by Gasteiger charge is -2.10. The van der Waals surface area contributed by atoms with Gasteiger partial charge in [-0.1, -0.05) is 6.07 Å². The van der Waals surface area contributed by atoms with Crippen LogP contribution in [0.25, 0.3) is 0 Å². The van der Waals surface area contributed by atoms with Gasteiger partial charge in [-0.15, -0.1) is 0 Å². The van der Waals surface area contributed by atoms with E-state index in [9.17, 15) is 13.2 Å². The maximum Gasteiger partial charge on any atom is 0.433 e. The quantitative estimate of drug-likeness (QED) is 0.941. The fourth-order valence-electron chi connectivity index (χ4n) is 1.48. The Kier molecular flexibility index (Phi) is 3.93. The molecule has 0 unspecified atom stereocenters. The van der Waals surface area contributed by atoms with Crippen LogP contribution in [0.3, 0.4) is 0 Å². The third-order valence-electron chi connectivity index (χ3n) is 2.40. The summed E-state index contributed by atoms with van der Waals surface area (Å²) < 4.78 is 43.4. The summed E-state index contributed by atoms with van der Waals surface area (Å²) in [6, 6.07) is 8.61. The van der Waals surface area contributed by atoms with Crippen LogP contribution in [0.4, 0.5) is 19.1 Å². The molecule has 5 nitrogen and oxygen atoms in total. The number of rotatable bonds is 3. The van der Waals surface area contributed by atoms with Gasteiger partial charge in [-0.2, -0.15) is 23.4 Å². The van der Waals surface area contributed by atoms with Crippen molar-refractivity contribution in [3.8, 4) is 17.7 Å². The number of benzene rings is 1. The lowest BCUT2D eigenvalue weighted by molar-refractivity contribution is -0.141. The molecule has 0 bridgehead atoms. The number of nitrogens with zero attached hydrogens (tertiary/aromatic N) is 3. The highest BCUT2D eigenvalue weighted by atomic mass is 19.4. The molecule has 21 heavy (non-hydrogen) atoms. The number of hydrogen-bond donors (Lipinski definition) is 1. The van der Waals surface area contributed by atoms with Crippen LogP contribution >= 0.6 is 0 Å². The molecule has 108 valence electrons. The second-order valence-corrected chi connectivity index (χ2v) is 3.90. The van der Waals surface area contributed by atoms with Gasteiger partial charge < -0.3 is 10.1 Å². The van der Waals surface area contributed by atoms with E-state index in [0.29, 0.717) is 11.6 Å². The van der Waals surface area contributed by atoms with Gasteiger partial charge in [0.1, 0.15) is 5.75 Å². The topological polar surface area (TPSA) is 70.8 Å². The van der Waals surface area contributed by atoms with Crippen molar-refractivity contribution < 1.29 is 17.9 Å². The van der Waals surface area contributed by atoms with Gasteiger partial charge in [-0.05, 0) is 18.2 Å². The Labute approximate surface area is 118 Å².